The van der Waals surface area contributed by atoms with E-state index in [0.29, 0.717) is 5.82 Å². The summed E-state index contributed by atoms with van der Waals surface area (Å²) in [6.45, 7) is 2.15. The molecular formula is C47H32N4. The van der Waals surface area contributed by atoms with E-state index in [0.717, 1.165) is 72.4 Å². The van der Waals surface area contributed by atoms with E-state index in [2.05, 4.69) is 140 Å². The van der Waals surface area contributed by atoms with Crippen molar-refractivity contribution in [2.45, 2.75) is 6.92 Å². The van der Waals surface area contributed by atoms with E-state index < -0.39 is 0 Å². The molecular weight excluding hydrogens is 621 g/mol. The van der Waals surface area contributed by atoms with Crippen LogP contribution in [0.3, 0.4) is 0 Å². The third-order valence-electron chi connectivity index (χ3n) is 9.44. The lowest BCUT2D eigenvalue weighted by molar-refractivity contribution is 1.18. The molecule has 0 aliphatic carbocycles. The lowest BCUT2D eigenvalue weighted by atomic mass is 10.00. The van der Waals surface area contributed by atoms with E-state index in [1.54, 1.807) is 0 Å². The van der Waals surface area contributed by atoms with Gasteiger partial charge in [0.15, 0.2) is 5.82 Å². The van der Waals surface area contributed by atoms with Gasteiger partial charge in [-0.3, -0.25) is 0 Å². The van der Waals surface area contributed by atoms with Crippen LogP contribution < -0.4 is 0 Å². The van der Waals surface area contributed by atoms with Gasteiger partial charge < -0.3 is 0 Å². The highest BCUT2D eigenvalue weighted by molar-refractivity contribution is 6.05. The minimum Gasteiger partial charge on any atom is -0.245 e. The van der Waals surface area contributed by atoms with Crippen LogP contribution >= 0.6 is 0 Å². The Morgan fingerprint density at radius 3 is 1.33 bits per heavy atom. The quantitative estimate of drug-likeness (QED) is 0.168. The Bertz CT molecular complexity index is 2650. The van der Waals surface area contributed by atoms with Crippen molar-refractivity contribution in [2.75, 3.05) is 0 Å². The Balaban J connectivity index is 1.10. The van der Waals surface area contributed by atoms with Crippen LogP contribution in [0.1, 0.15) is 5.56 Å². The predicted molar refractivity (Wildman–Crippen MR) is 210 cm³/mol. The molecule has 240 valence electrons. The van der Waals surface area contributed by atoms with Gasteiger partial charge in [0.05, 0.1) is 33.8 Å². The number of pyridine rings is 2. The molecule has 4 nitrogen and oxygen atoms in total. The average molecular weight is 653 g/mol. The number of hydrogen-bond acceptors (Lipinski definition) is 4. The molecule has 51 heavy (non-hydrogen) atoms. The summed E-state index contributed by atoms with van der Waals surface area (Å²) in [5.41, 5.74) is 14.1. The normalized spacial score (nSPS) is 11.2. The molecule has 0 saturated heterocycles. The second-order valence-corrected chi connectivity index (χ2v) is 12.8. The molecule has 9 aromatic rings. The molecule has 0 spiro atoms. The third kappa shape index (κ3) is 5.94. The first-order valence-electron chi connectivity index (χ1n) is 17.1. The zero-order chi connectivity index (χ0) is 34.1. The highest BCUT2D eigenvalue weighted by atomic mass is 14.9. The van der Waals surface area contributed by atoms with Gasteiger partial charge in [-0.2, -0.15) is 0 Å². The molecule has 0 amide bonds. The molecule has 0 aliphatic heterocycles. The second-order valence-electron chi connectivity index (χ2n) is 12.8. The predicted octanol–water partition coefficient (Wildman–Crippen LogP) is 11.9. The first kappa shape index (κ1) is 30.3. The highest BCUT2D eigenvalue weighted by Gasteiger charge is 2.14. The van der Waals surface area contributed by atoms with Gasteiger partial charge in [-0.25, -0.2) is 19.9 Å². The van der Waals surface area contributed by atoms with Gasteiger partial charge >= 0.3 is 0 Å². The van der Waals surface area contributed by atoms with Crippen LogP contribution in [0.5, 0.6) is 0 Å². The molecule has 4 heteroatoms. The van der Waals surface area contributed by atoms with Gasteiger partial charge in [-0.1, -0.05) is 158 Å². The molecule has 0 bridgehead atoms. The summed E-state index contributed by atoms with van der Waals surface area (Å²) in [5.74, 6) is 0.695. The zero-order valence-electron chi connectivity index (χ0n) is 28.0. The van der Waals surface area contributed by atoms with Gasteiger partial charge in [-0.15, -0.1) is 0 Å². The number of rotatable bonds is 6. The Labute approximate surface area is 296 Å². The van der Waals surface area contributed by atoms with Crippen molar-refractivity contribution in [3.63, 3.8) is 0 Å². The summed E-state index contributed by atoms with van der Waals surface area (Å²) in [5, 5.41) is 2.18. The van der Waals surface area contributed by atoms with Gasteiger partial charge in [0.1, 0.15) is 0 Å². The summed E-state index contributed by atoms with van der Waals surface area (Å²) in [7, 11) is 0. The second kappa shape index (κ2) is 12.9. The summed E-state index contributed by atoms with van der Waals surface area (Å²) in [6, 6.07) is 60.8. The van der Waals surface area contributed by atoms with Crippen molar-refractivity contribution in [2.24, 2.45) is 0 Å². The van der Waals surface area contributed by atoms with Crippen LogP contribution in [-0.4, -0.2) is 19.9 Å². The lowest BCUT2D eigenvalue weighted by Crippen LogP contribution is -1.96. The number of aryl methyl sites for hydroxylation is 1. The molecule has 0 atom stereocenters. The van der Waals surface area contributed by atoms with Gasteiger partial charge in [0.2, 0.25) is 0 Å². The highest BCUT2D eigenvalue weighted by Crippen LogP contribution is 2.33. The van der Waals surface area contributed by atoms with Gasteiger partial charge in [0.25, 0.3) is 0 Å². The number of nitrogens with zero attached hydrogens (tertiary/aromatic N) is 4. The fourth-order valence-electron chi connectivity index (χ4n) is 6.69. The fourth-order valence-corrected chi connectivity index (χ4v) is 6.69. The Morgan fingerprint density at radius 1 is 0.314 bits per heavy atom. The van der Waals surface area contributed by atoms with Crippen molar-refractivity contribution in [1.82, 2.24) is 19.9 Å². The summed E-state index contributed by atoms with van der Waals surface area (Å²) in [6.07, 6.45) is 0. The molecule has 9 rings (SSSR count). The van der Waals surface area contributed by atoms with E-state index in [1.165, 1.54) is 16.7 Å². The summed E-state index contributed by atoms with van der Waals surface area (Å²) >= 11 is 0. The van der Waals surface area contributed by atoms with Crippen molar-refractivity contribution in [3.8, 4) is 67.5 Å². The largest absolute Gasteiger partial charge is 0.245 e. The molecule has 6 aromatic carbocycles. The number of aromatic nitrogens is 4. The van der Waals surface area contributed by atoms with E-state index in [1.807, 2.05) is 42.5 Å². The molecule has 0 unspecified atom stereocenters. The first-order valence-corrected chi connectivity index (χ1v) is 17.1. The smallest absolute Gasteiger partial charge is 0.160 e. The topological polar surface area (TPSA) is 51.6 Å². The summed E-state index contributed by atoms with van der Waals surface area (Å²) in [4.78, 5) is 20.4. The van der Waals surface area contributed by atoms with Crippen LogP contribution in [0.2, 0.25) is 0 Å². The number of hydrogen-bond donors (Lipinski definition) is 0. The molecule has 0 fully saturated rings. The van der Waals surface area contributed by atoms with E-state index in [9.17, 15) is 0 Å². The number of benzene rings is 6. The van der Waals surface area contributed by atoms with Gasteiger partial charge in [0, 0.05) is 38.6 Å². The van der Waals surface area contributed by atoms with Crippen molar-refractivity contribution >= 4 is 21.8 Å². The molecule has 3 heterocycles. The van der Waals surface area contributed by atoms with Crippen LogP contribution in [0.25, 0.3) is 89.4 Å². The lowest BCUT2D eigenvalue weighted by Gasteiger charge is -2.12. The minimum absolute atomic E-state index is 0.695. The molecule has 3 aromatic heterocycles. The van der Waals surface area contributed by atoms with Crippen molar-refractivity contribution in [1.29, 1.82) is 0 Å². The standard InChI is InChI=1S/C47H32N4/c1-31-29-42(49-46-40(31)27-25-38-26-28-41(48-45(38)46)34-13-7-3-8-14-34)35-21-23-37(24-22-35)44-30-43(50-47(51-44)39-15-9-4-10-16-39)36-19-17-33(18-20-36)32-11-5-2-6-12-32/h2-30H,1H3. The molecule has 0 N–H and O–H groups in total. The van der Waals surface area contributed by atoms with Crippen LogP contribution in [-0.2, 0) is 0 Å². The van der Waals surface area contributed by atoms with E-state index in [4.69, 9.17) is 19.9 Å². The third-order valence-corrected chi connectivity index (χ3v) is 9.44. The first-order chi connectivity index (χ1) is 25.2. The van der Waals surface area contributed by atoms with Crippen molar-refractivity contribution < 1.29 is 0 Å². The van der Waals surface area contributed by atoms with Crippen LogP contribution in [0.15, 0.2) is 176 Å². The SMILES string of the molecule is Cc1cc(-c2ccc(-c3cc(-c4ccc(-c5ccccc5)cc4)nc(-c4ccccc4)n3)cc2)nc2c1ccc1ccc(-c3ccccc3)nc12. The van der Waals surface area contributed by atoms with Crippen LogP contribution in [0.4, 0.5) is 0 Å². The molecule has 0 aliphatic rings. The number of fused-ring (bicyclic) bond motifs is 3. The molecule has 0 saturated carbocycles. The minimum atomic E-state index is 0.695. The van der Waals surface area contributed by atoms with Crippen LogP contribution in [0, 0.1) is 6.92 Å². The maximum absolute atomic E-state index is 5.22. The molecule has 0 radical (unpaired) electrons. The Kier molecular flexibility index (Phi) is 7.67. The zero-order valence-corrected chi connectivity index (χ0v) is 28.0. The maximum atomic E-state index is 5.22. The van der Waals surface area contributed by atoms with E-state index in [-0.39, 0.29) is 0 Å². The average Bonchev–Trinajstić information content (AvgIpc) is 3.21. The fraction of sp³-hybridized carbons (Fsp3) is 0.0213. The van der Waals surface area contributed by atoms with Crippen molar-refractivity contribution in [3.05, 3.63) is 181 Å². The Morgan fingerprint density at radius 2 is 0.745 bits per heavy atom. The monoisotopic (exact) mass is 652 g/mol. The maximum Gasteiger partial charge on any atom is 0.160 e. The Hall–Kier alpha value is -6.78. The summed E-state index contributed by atoms with van der Waals surface area (Å²) < 4.78 is 0. The van der Waals surface area contributed by atoms with Gasteiger partial charge in [-0.05, 0) is 41.8 Å². The van der Waals surface area contributed by atoms with E-state index >= 15 is 0 Å².